The molecule has 3 rings (SSSR count). The minimum absolute atomic E-state index is 0.200. The Morgan fingerprint density at radius 2 is 2.10 bits per heavy atom. The first-order valence-corrected chi connectivity index (χ1v) is 6.26. The van der Waals surface area contributed by atoms with E-state index in [4.69, 9.17) is 22.1 Å². The molecule has 4 nitrogen and oxygen atoms in total. The molecule has 0 bridgehead atoms. The molecule has 2 N–H and O–H groups in total. The Hall–Kier alpha value is -2.27. The number of benzene rings is 2. The van der Waals surface area contributed by atoms with Gasteiger partial charge in [0, 0.05) is 0 Å². The highest BCUT2D eigenvalue weighted by Gasteiger charge is 2.14. The normalized spacial score (nSPS) is 10.9. The van der Waals surface area contributed by atoms with Gasteiger partial charge in [0.25, 0.3) is 0 Å². The molecule has 0 aliphatic heterocycles. The lowest BCUT2D eigenvalue weighted by atomic mass is 10.2. The molecule has 0 radical (unpaired) electrons. The van der Waals surface area contributed by atoms with Gasteiger partial charge in [-0.3, -0.25) is 4.57 Å². The molecule has 0 atom stereocenters. The number of rotatable bonds is 2. The number of methoxy groups -OCH3 is 1. The Labute approximate surface area is 119 Å². The van der Waals surface area contributed by atoms with Crippen LogP contribution in [0.4, 0.5) is 10.3 Å². The largest absolute Gasteiger partial charge is 0.495 e. The Morgan fingerprint density at radius 1 is 1.30 bits per heavy atom. The van der Waals surface area contributed by atoms with Gasteiger partial charge in [0.05, 0.1) is 23.3 Å². The standard InChI is InChI=1S/C14H11ClFN3O/c1-20-12-6-5-8(7-9(12)15)19-11-4-2-3-10(16)13(11)18-14(19)17/h2-7H,1H3,(H2,17,18). The molecule has 2 aromatic carbocycles. The van der Waals surface area contributed by atoms with Gasteiger partial charge >= 0.3 is 0 Å². The number of ether oxygens (including phenoxy) is 1. The fourth-order valence-electron chi connectivity index (χ4n) is 2.15. The minimum atomic E-state index is -0.410. The summed E-state index contributed by atoms with van der Waals surface area (Å²) in [5.74, 6) is 0.350. The summed E-state index contributed by atoms with van der Waals surface area (Å²) in [6, 6.07) is 9.92. The maximum absolute atomic E-state index is 13.7. The van der Waals surface area contributed by atoms with Crippen LogP contribution in [0.2, 0.25) is 5.02 Å². The van der Waals surface area contributed by atoms with Crippen LogP contribution in [-0.2, 0) is 0 Å². The highest BCUT2D eigenvalue weighted by molar-refractivity contribution is 6.32. The number of imidazole rings is 1. The van der Waals surface area contributed by atoms with Crippen molar-refractivity contribution in [3.63, 3.8) is 0 Å². The van der Waals surface area contributed by atoms with E-state index in [0.29, 0.717) is 22.0 Å². The molecule has 6 heteroatoms. The van der Waals surface area contributed by atoms with E-state index in [1.807, 2.05) is 0 Å². The van der Waals surface area contributed by atoms with Crippen LogP contribution in [0.3, 0.4) is 0 Å². The predicted molar refractivity (Wildman–Crippen MR) is 77.0 cm³/mol. The average molecular weight is 292 g/mol. The van der Waals surface area contributed by atoms with Crippen molar-refractivity contribution < 1.29 is 9.13 Å². The van der Waals surface area contributed by atoms with Crippen molar-refractivity contribution >= 4 is 28.6 Å². The number of nitrogens with two attached hydrogens (primary N) is 1. The van der Waals surface area contributed by atoms with Crippen LogP contribution in [0, 0.1) is 5.82 Å². The molecule has 0 saturated heterocycles. The van der Waals surface area contributed by atoms with Gasteiger partial charge < -0.3 is 10.5 Å². The summed E-state index contributed by atoms with van der Waals surface area (Å²) in [5.41, 5.74) is 7.40. The monoisotopic (exact) mass is 291 g/mol. The number of halogens is 2. The number of nitrogens with zero attached hydrogens (tertiary/aromatic N) is 2. The second-order valence-electron chi connectivity index (χ2n) is 4.23. The SMILES string of the molecule is COc1ccc(-n2c(N)nc3c(F)cccc32)cc1Cl. The van der Waals surface area contributed by atoms with Crippen molar-refractivity contribution in [1.29, 1.82) is 0 Å². The molecular weight excluding hydrogens is 281 g/mol. The molecule has 20 heavy (non-hydrogen) atoms. The summed E-state index contributed by atoms with van der Waals surface area (Å²) < 4.78 is 20.5. The fourth-order valence-corrected chi connectivity index (χ4v) is 2.40. The first kappa shape index (κ1) is 12.7. The minimum Gasteiger partial charge on any atom is -0.495 e. The molecule has 1 heterocycles. The average Bonchev–Trinajstić information content (AvgIpc) is 2.76. The second kappa shape index (κ2) is 4.68. The third kappa shape index (κ3) is 1.87. The van der Waals surface area contributed by atoms with Crippen LogP contribution in [0.15, 0.2) is 36.4 Å². The van der Waals surface area contributed by atoms with Gasteiger partial charge in [-0.05, 0) is 30.3 Å². The summed E-state index contributed by atoms with van der Waals surface area (Å²) >= 11 is 6.11. The first-order valence-electron chi connectivity index (χ1n) is 5.88. The molecular formula is C14H11ClFN3O. The van der Waals surface area contributed by atoms with Gasteiger partial charge in [-0.1, -0.05) is 17.7 Å². The first-order chi connectivity index (χ1) is 9.61. The zero-order valence-corrected chi connectivity index (χ0v) is 11.4. The molecule has 1 aromatic heterocycles. The molecule has 0 amide bonds. The lowest BCUT2D eigenvalue weighted by Crippen LogP contribution is -2.00. The molecule has 0 aliphatic carbocycles. The highest BCUT2D eigenvalue weighted by Crippen LogP contribution is 2.30. The third-order valence-electron chi connectivity index (χ3n) is 3.06. The van der Waals surface area contributed by atoms with Gasteiger partial charge in [-0.2, -0.15) is 0 Å². The molecule has 0 unspecified atom stereocenters. The molecule has 0 fully saturated rings. The van der Waals surface area contributed by atoms with E-state index in [0.717, 1.165) is 0 Å². The molecule has 0 aliphatic rings. The molecule has 0 spiro atoms. The number of nitrogen functional groups attached to an aromatic ring is 1. The Balaban J connectivity index is 2.27. The van der Waals surface area contributed by atoms with Gasteiger partial charge in [-0.25, -0.2) is 9.37 Å². The van der Waals surface area contributed by atoms with Crippen LogP contribution in [0.25, 0.3) is 16.7 Å². The van der Waals surface area contributed by atoms with Crippen molar-refractivity contribution in [3.05, 3.63) is 47.2 Å². The summed E-state index contributed by atoms with van der Waals surface area (Å²) in [4.78, 5) is 4.05. The van der Waals surface area contributed by atoms with Crippen molar-refractivity contribution in [2.24, 2.45) is 0 Å². The number of fused-ring (bicyclic) bond motifs is 1. The number of hydrogen-bond acceptors (Lipinski definition) is 3. The zero-order chi connectivity index (χ0) is 14.3. The summed E-state index contributed by atoms with van der Waals surface area (Å²) in [5, 5.41) is 0.447. The Morgan fingerprint density at radius 3 is 2.80 bits per heavy atom. The van der Waals surface area contributed by atoms with Crippen LogP contribution in [-0.4, -0.2) is 16.7 Å². The quantitative estimate of drug-likeness (QED) is 0.787. The lowest BCUT2D eigenvalue weighted by Gasteiger charge is -2.09. The maximum atomic E-state index is 13.7. The number of aromatic nitrogens is 2. The highest BCUT2D eigenvalue weighted by atomic mass is 35.5. The van der Waals surface area contributed by atoms with Crippen LogP contribution in [0.1, 0.15) is 0 Å². The van der Waals surface area contributed by atoms with Gasteiger partial charge in [0.15, 0.2) is 5.82 Å². The van der Waals surface area contributed by atoms with Crippen molar-refractivity contribution in [3.8, 4) is 11.4 Å². The lowest BCUT2D eigenvalue weighted by molar-refractivity contribution is 0.415. The van der Waals surface area contributed by atoms with Gasteiger partial charge in [0.1, 0.15) is 11.3 Å². The Bertz CT molecular complexity index is 800. The van der Waals surface area contributed by atoms with Crippen molar-refractivity contribution in [2.75, 3.05) is 12.8 Å². The van der Waals surface area contributed by atoms with Crippen LogP contribution in [0.5, 0.6) is 5.75 Å². The van der Waals surface area contributed by atoms with Crippen LogP contribution < -0.4 is 10.5 Å². The Kier molecular flexibility index (Phi) is 2.99. The van der Waals surface area contributed by atoms with Crippen molar-refractivity contribution in [2.45, 2.75) is 0 Å². The van der Waals surface area contributed by atoms with E-state index in [1.165, 1.54) is 13.2 Å². The zero-order valence-electron chi connectivity index (χ0n) is 10.6. The summed E-state index contributed by atoms with van der Waals surface area (Å²) in [6.45, 7) is 0. The predicted octanol–water partition coefficient (Wildman–Crippen LogP) is 3.41. The fraction of sp³-hybridized carbons (Fsp3) is 0.0714. The second-order valence-corrected chi connectivity index (χ2v) is 4.64. The smallest absolute Gasteiger partial charge is 0.206 e. The van der Waals surface area contributed by atoms with Gasteiger partial charge in [-0.15, -0.1) is 0 Å². The van der Waals surface area contributed by atoms with E-state index in [1.54, 1.807) is 34.9 Å². The van der Waals surface area contributed by atoms with E-state index in [-0.39, 0.29) is 11.5 Å². The molecule has 102 valence electrons. The van der Waals surface area contributed by atoms with E-state index in [2.05, 4.69) is 4.98 Å². The molecule has 0 saturated carbocycles. The number of para-hydroxylation sites is 1. The number of anilines is 1. The summed E-state index contributed by atoms with van der Waals surface area (Å²) in [6.07, 6.45) is 0. The topological polar surface area (TPSA) is 53.1 Å². The van der Waals surface area contributed by atoms with E-state index in [9.17, 15) is 4.39 Å². The van der Waals surface area contributed by atoms with E-state index >= 15 is 0 Å². The maximum Gasteiger partial charge on any atom is 0.206 e. The molecule has 3 aromatic rings. The third-order valence-corrected chi connectivity index (χ3v) is 3.35. The van der Waals surface area contributed by atoms with E-state index < -0.39 is 5.82 Å². The van der Waals surface area contributed by atoms with Gasteiger partial charge in [0.2, 0.25) is 5.95 Å². The van der Waals surface area contributed by atoms with Crippen molar-refractivity contribution in [1.82, 2.24) is 9.55 Å². The van der Waals surface area contributed by atoms with Crippen LogP contribution >= 0.6 is 11.6 Å². The number of hydrogen-bond donors (Lipinski definition) is 1. The summed E-state index contributed by atoms with van der Waals surface area (Å²) in [7, 11) is 1.54.